The van der Waals surface area contributed by atoms with E-state index in [1.165, 1.54) is 12.8 Å². The maximum atomic E-state index is 5.67. The van der Waals surface area contributed by atoms with Crippen molar-refractivity contribution in [2.45, 2.75) is 38.3 Å². The Hall–Kier alpha value is -0.160. The number of hydrogen-bond acceptors (Lipinski definition) is 4. The van der Waals surface area contributed by atoms with Crippen LogP contribution in [-0.2, 0) is 14.2 Å². The van der Waals surface area contributed by atoms with Crippen LogP contribution in [0.5, 0.6) is 0 Å². The predicted molar refractivity (Wildman–Crippen MR) is 63.8 cm³/mol. The lowest BCUT2D eigenvalue weighted by atomic mass is 10.1. The van der Waals surface area contributed by atoms with E-state index in [1.807, 2.05) is 0 Å². The Morgan fingerprint density at radius 1 is 1.38 bits per heavy atom. The van der Waals surface area contributed by atoms with Gasteiger partial charge >= 0.3 is 0 Å². The number of rotatable bonds is 8. The molecule has 0 bridgehead atoms. The van der Waals surface area contributed by atoms with Gasteiger partial charge in [0.15, 0.2) is 0 Å². The molecule has 0 radical (unpaired) electrons. The molecule has 4 nitrogen and oxygen atoms in total. The molecule has 0 aromatic heterocycles. The average Bonchev–Trinajstić information content (AvgIpc) is 2.31. The molecule has 0 saturated carbocycles. The van der Waals surface area contributed by atoms with Crippen LogP contribution in [0.25, 0.3) is 0 Å². The maximum Gasteiger partial charge on any atom is 0.0808 e. The first-order chi connectivity index (χ1) is 7.86. The molecule has 2 atom stereocenters. The van der Waals surface area contributed by atoms with Crippen LogP contribution in [0.15, 0.2) is 0 Å². The third-order valence-electron chi connectivity index (χ3n) is 2.76. The molecule has 1 rings (SSSR count). The lowest BCUT2D eigenvalue weighted by Gasteiger charge is -2.24. The van der Waals surface area contributed by atoms with Gasteiger partial charge < -0.3 is 19.5 Å². The Balaban J connectivity index is 2.06. The number of nitrogens with one attached hydrogen (secondary N) is 1. The second kappa shape index (κ2) is 8.93. The summed E-state index contributed by atoms with van der Waals surface area (Å²) in [7, 11) is 1.72. The fourth-order valence-electron chi connectivity index (χ4n) is 1.94. The minimum absolute atomic E-state index is 0.290. The highest BCUT2D eigenvalue weighted by molar-refractivity contribution is 4.66. The second-order valence-corrected chi connectivity index (χ2v) is 4.24. The Kier molecular flexibility index (Phi) is 7.76. The third kappa shape index (κ3) is 5.80. The van der Waals surface area contributed by atoms with Crippen LogP contribution in [0, 0.1) is 0 Å². The maximum absolute atomic E-state index is 5.67. The summed E-state index contributed by atoms with van der Waals surface area (Å²) >= 11 is 0. The summed E-state index contributed by atoms with van der Waals surface area (Å²) < 4.78 is 16.4. The van der Waals surface area contributed by atoms with E-state index in [-0.39, 0.29) is 0 Å². The van der Waals surface area contributed by atoms with Gasteiger partial charge in [-0.15, -0.1) is 0 Å². The standard InChI is InChI=1S/C12H25NO3/c1-3-13-11(8-14-2)9-15-10-12-6-4-5-7-16-12/h11-13H,3-10H2,1-2H3. The van der Waals surface area contributed by atoms with Gasteiger partial charge in [0.05, 0.1) is 32.0 Å². The van der Waals surface area contributed by atoms with Crippen molar-refractivity contribution in [2.75, 3.05) is 40.1 Å². The minimum Gasteiger partial charge on any atom is -0.383 e. The smallest absolute Gasteiger partial charge is 0.0808 e. The number of likely N-dealkylation sites (N-methyl/N-ethyl adjacent to an activating group) is 1. The molecular formula is C12H25NO3. The number of hydrogen-bond donors (Lipinski definition) is 1. The van der Waals surface area contributed by atoms with E-state index >= 15 is 0 Å². The Bertz CT molecular complexity index is 154. The molecule has 2 unspecified atom stereocenters. The molecular weight excluding hydrogens is 206 g/mol. The van der Waals surface area contributed by atoms with E-state index in [2.05, 4.69) is 12.2 Å². The summed E-state index contributed by atoms with van der Waals surface area (Å²) in [4.78, 5) is 0. The van der Waals surface area contributed by atoms with Crippen molar-refractivity contribution in [1.29, 1.82) is 0 Å². The van der Waals surface area contributed by atoms with E-state index in [0.29, 0.717) is 32.0 Å². The minimum atomic E-state index is 0.290. The predicted octanol–water partition coefficient (Wildman–Crippen LogP) is 1.20. The van der Waals surface area contributed by atoms with Crippen molar-refractivity contribution in [1.82, 2.24) is 5.32 Å². The quantitative estimate of drug-likeness (QED) is 0.681. The van der Waals surface area contributed by atoms with E-state index in [1.54, 1.807) is 7.11 Å². The van der Waals surface area contributed by atoms with Crippen molar-refractivity contribution in [3.63, 3.8) is 0 Å². The van der Waals surface area contributed by atoms with Gasteiger partial charge in [0.2, 0.25) is 0 Å². The summed E-state index contributed by atoms with van der Waals surface area (Å²) in [6.07, 6.45) is 3.90. The van der Waals surface area contributed by atoms with E-state index < -0.39 is 0 Å². The van der Waals surface area contributed by atoms with Gasteiger partial charge in [-0.2, -0.15) is 0 Å². The van der Waals surface area contributed by atoms with E-state index in [9.17, 15) is 0 Å². The zero-order chi connectivity index (χ0) is 11.6. The van der Waals surface area contributed by atoms with Crippen LogP contribution in [-0.4, -0.2) is 52.2 Å². The molecule has 0 aliphatic carbocycles. The van der Waals surface area contributed by atoms with Crippen molar-refractivity contribution in [3.8, 4) is 0 Å². The van der Waals surface area contributed by atoms with Crippen LogP contribution >= 0.6 is 0 Å². The molecule has 96 valence electrons. The molecule has 0 aromatic carbocycles. The van der Waals surface area contributed by atoms with Crippen LogP contribution < -0.4 is 5.32 Å². The molecule has 1 saturated heterocycles. The summed E-state index contributed by atoms with van der Waals surface area (Å²) in [5, 5.41) is 3.33. The first-order valence-electron chi connectivity index (χ1n) is 6.28. The van der Waals surface area contributed by atoms with Gasteiger partial charge in [0.25, 0.3) is 0 Å². The first kappa shape index (κ1) is 13.9. The Morgan fingerprint density at radius 2 is 2.25 bits per heavy atom. The fourth-order valence-corrected chi connectivity index (χ4v) is 1.94. The van der Waals surface area contributed by atoms with Crippen LogP contribution in [0.3, 0.4) is 0 Å². The van der Waals surface area contributed by atoms with Gasteiger partial charge in [-0.05, 0) is 25.8 Å². The highest BCUT2D eigenvalue weighted by Crippen LogP contribution is 2.12. The lowest BCUT2D eigenvalue weighted by molar-refractivity contribution is -0.0470. The molecule has 1 aliphatic heterocycles. The molecule has 1 heterocycles. The van der Waals surface area contributed by atoms with E-state index in [4.69, 9.17) is 14.2 Å². The second-order valence-electron chi connectivity index (χ2n) is 4.24. The topological polar surface area (TPSA) is 39.7 Å². The average molecular weight is 231 g/mol. The van der Waals surface area contributed by atoms with Gasteiger partial charge in [-0.25, -0.2) is 0 Å². The molecule has 1 aliphatic rings. The van der Waals surface area contributed by atoms with E-state index in [0.717, 1.165) is 19.6 Å². The largest absolute Gasteiger partial charge is 0.383 e. The molecule has 0 spiro atoms. The summed E-state index contributed by atoms with van der Waals surface area (Å²) in [5.74, 6) is 0. The monoisotopic (exact) mass is 231 g/mol. The van der Waals surface area contributed by atoms with Crippen LogP contribution in [0.1, 0.15) is 26.2 Å². The molecule has 1 N–H and O–H groups in total. The first-order valence-corrected chi connectivity index (χ1v) is 6.28. The van der Waals surface area contributed by atoms with Crippen LogP contribution in [0.4, 0.5) is 0 Å². The fraction of sp³-hybridized carbons (Fsp3) is 1.00. The summed E-state index contributed by atoms with van der Waals surface area (Å²) in [6, 6.07) is 0.290. The molecule has 16 heavy (non-hydrogen) atoms. The number of methoxy groups -OCH3 is 1. The Labute approximate surface area is 98.6 Å². The summed E-state index contributed by atoms with van der Waals surface area (Å²) in [5.41, 5.74) is 0. The zero-order valence-corrected chi connectivity index (χ0v) is 10.5. The molecule has 0 amide bonds. The van der Waals surface area contributed by atoms with Gasteiger partial charge in [0, 0.05) is 13.7 Å². The highest BCUT2D eigenvalue weighted by atomic mass is 16.5. The highest BCUT2D eigenvalue weighted by Gasteiger charge is 2.15. The summed E-state index contributed by atoms with van der Waals surface area (Å²) in [6.45, 7) is 6.03. The van der Waals surface area contributed by atoms with Crippen molar-refractivity contribution >= 4 is 0 Å². The molecule has 1 fully saturated rings. The van der Waals surface area contributed by atoms with Crippen molar-refractivity contribution in [3.05, 3.63) is 0 Å². The Morgan fingerprint density at radius 3 is 2.88 bits per heavy atom. The number of ether oxygens (including phenoxy) is 3. The van der Waals surface area contributed by atoms with Crippen LogP contribution in [0.2, 0.25) is 0 Å². The lowest BCUT2D eigenvalue weighted by Crippen LogP contribution is -2.38. The van der Waals surface area contributed by atoms with Gasteiger partial charge in [-0.3, -0.25) is 0 Å². The van der Waals surface area contributed by atoms with Crippen molar-refractivity contribution in [2.24, 2.45) is 0 Å². The van der Waals surface area contributed by atoms with Gasteiger partial charge in [0.1, 0.15) is 0 Å². The van der Waals surface area contributed by atoms with Crippen molar-refractivity contribution < 1.29 is 14.2 Å². The normalized spacial score (nSPS) is 23.2. The SMILES string of the molecule is CCNC(COC)COCC1CCCCO1. The third-order valence-corrected chi connectivity index (χ3v) is 2.76. The molecule has 0 aromatic rings. The van der Waals surface area contributed by atoms with Gasteiger partial charge in [-0.1, -0.05) is 6.92 Å². The zero-order valence-electron chi connectivity index (χ0n) is 10.5. The molecule has 4 heteroatoms.